The number of carboxylic acid groups (broad SMARTS) is 1. The van der Waals surface area contributed by atoms with E-state index in [9.17, 15) is 4.79 Å². The minimum absolute atomic E-state index is 0. The van der Waals surface area contributed by atoms with Crippen molar-refractivity contribution < 1.29 is 31.6 Å². The van der Waals surface area contributed by atoms with Crippen LogP contribution in [0.3, 0.4) is 0 Å². The second kappa shape index (κ2) is 9.33. The van der Waals surface area contributed by atoms with E-state index in [2.05, 4.69) is 6.58 Å². The van der Waals surface area contributed by atoms with Gasteiger partial charge in [-0.2, -0.15) is 0 Å². The first-order chi connectivity index (χ1) is 2.27. The zero-order valence-electron chi connectivity index (χ0n) is 4.14. The Labute approximate surface area is 58.1 Å². The van der Waals surface area contributed by atoms with E-state index in [1.54, 1.807) is 0 Å². The molecule has 7 heavy (non-hydrogen) atoms. The maximum absolute atomic E-state index is 9.25. The van der Waals surface area contributed by atoms with E-state index in [1.165, 1.54) is 0 Å². The van der Waals surface area contributed by atoms with Crippen LogP contribution in [0.2, 0.25) is 0 Å². The van der Waals surface area contributed by atoms with E-state index in [-0.39, 0.29) is 29.1 Å². The van der Waals surface area contributed by atoms with E-state index in [0.717, 1.165) is 6.08 Å². The monoisotopic (exact) mass is 135 g/mol. The summed E-state index contributed by atoms with van der Waals surface area (Å²) in [5, 5.41) is 7.60. The Morgan fingerprint density at radius 1 is 1.71 bits per heavy atom. The molecule has 0 aromatic carbocycles. The molecule has 0 saturated carbocycles. The molecular formula is C4H7O2Ti-. The van der Waals surface area contributed by atoms with Gasteiger partial charge in [-0.25, -0.2) is 4.79 Å². The van der Waals surface area contributed by atoms with Crippen molar-refractivity contribution in [2.24, 2.45) is 0 Å². The standard InChI is InChI=1S/C3H4O2.CH3.Ti/c1-2-3(4)5;;/h2H,1H2,(H,4,5);1H3;/q;-1;. The van der Waals surface area contributed by atoms with Gasteiger partial charge in [0.15, 0.2) is 0 Å². The van der Waals surface area contributed by atoms with Gasteiger partial charge >= 0.3 is 5.97 Å². The van der Waals surface area contributed by atoms with Crippen molar-refractivity contribution in [1.82, 2.24) is 0 Å². The van der Waals surface area contributed by atoms with E-state index >= 15 is 0 Å². The maximum atomic E-state index is 9.25. The molecule has 0 unspecified atom stereocenters. The number of hydrogen-bond acceptors (Lipinski definition) is 1. The van der Waals surface area contributed by atoms with E-state index in [0.29, 0.717) is 0 Å². The molecule has 1 N–H and O–H groups in total. The molecule has 0 aliphatic carbocycles. The second-order valence-corrected chi connectivity index (χ2v) is 0.542. The van der Waals surface area contributed by atoms with Crippen molar-refractivity contribution in [3.05, 3.63) is 20.1 Å². The average molecular weight is 135 g/mol. The predicted molar refractivity (Wildman–Crippen MR) is 24.2 cm³/mol. The molecule has 0 heterocycles. The second-order valence-electron chi connectivity index (χ2n) is 0.542. The summed E-state index contributed by atoms with van der Waals surface area (Å²) in [7, 11) is 0. The third-order valence-electron chi connectivity index (χ3n) is 0.175. The molecule has 0 rings (SSSR count). The Morgan fingerprint density at radius 2 is 1.86 bits per heavy atom. The summed E-state index contributed by atoms with van der Waals surface area (Å²) in [5.74, 6) is -0.981. The van der Waals surface area contributed by atoms with Gasteiger partial charge in [-0.15, -0.1) is 0 Å². The first-order valence-corrected chi connectivity index (χ1v) is 1.12. The zero-order valence-corrected chi connectivity index (χ0v) is 5.70. The fraction of sp³-hybridized carbons (Fsp3) is 0. The fourth-order valence-electron chi connectivity index (χ4n) is 0. The van der Waals surface area contributed by atoms with Crippen LogP contribution in [0.1, 0.15) is 0 Å². The molecule has 0 spiro atoms. The number of rotatable bonds is 1. The summed E-state index contributed by atoms with van der Waals surface area (Å²) in [4.78, 5) is 9.25. The Morgan fingerprint density at radius 3 is 1.86 bits per heavy atom. The minimum Gasteiger partial charge on any atom is -0.478 e. The van der Waals surface area contributed by atoms with Gasteiger partial charge in [-0.1, -0.05) is 6.58 Å². The van der Waals surface area contributed by atoms with Crippen molar-refractivity contribution in [2.75, 3.05) is 0 Å². The summed E-state index contributed by atoms with van der Waals surface area (Å²) in [6.07, 6.45) is 0.833. The summed E-state index contributed by atoms with van der Waals surface area (Å²) in [5.41, 5.74) is 0. The van der Waals surface area contributed by atoms with Crippen LogP contribution in [0.4, 0.5) is 0 Å². The van der Waals surface area contributed by atoms with Gasteiger partial charge in [0, 0.05) is 27.8 Å². The van der Waals surface area contributed by atoms with Gasteiger partial charge < -0.3 is 12.5 Å². The molecule has 0 radical (unpaired) electrons. The van der Waals surface area contributed by atoms with Crippen LogP contribution in [0.25, 0.3) is 0 Å². The molecule has 0 aliphatic rings. The van der Waals surface area contributed by atoms with Crippen LogP contribution in [0.15, 0.2) is 12.7 Å². The molecule has 0 saturated heterocycles. The van der Waals surface area contributed by atoms with E-state index in [4.69, 9.17) is 5.11 Å². The Balaban J connectivity index is -0.0000000800. The van der Waals surface area contributed by atoms with Crippen molar-refractivity contribution >= 4 is 5.97 Å². The number of carbonyl (C=O) groups is 1. The first-order valence-electron chi connectivity index (χ1n) is 1.12. The van der Waals surface area contributed by atoms with E-state index in [1.807, 2.05) is 0 Å². The minimum atomic E-state index is -0.981. The topological polar surface area (TPSA) is 37.3 Å². The van der Waals surface area contributed by atoms with Crippen LogP contribution >= 0.6 is 0 Å². The molecular weight excluding hydrogens is 128 g/mol. The summed E-state index contributed by atoms with van der Waals surface area (Å²) in [6, 6.07) is 0. The van der Waals surface area contributed by atoms with Gasteiger partial charge in [-0.3, -0.25) is 0 Å². The van der Waals surface area contributed by atoms with Crippen LogP contribution in [0, 0.1) is 7.43 Å². The quantitative estimate of drug-likeness (QED) is 0.326. The largest absolute Gasteiger partial charge is 0.478 e. The number of carboxylic acids is 1. The smallest absolute Gasteiger partial charge is 0.327 e. The van der Waals surface area contributed by atoms with Crippen molar-refractivity contribution in [3.63, 3.8) is 0 Å². The van der Waals surface area contributed by atoms with Gasteiger partial charge in [0.2, 0.25) is 0 Å². The first kappa shape index (κ1) is 15.8. The molecule has 0 amide bonds. The summed E-state index contributed by atoms with van der Waals surface area (Å²) >= 11 is 0. The Bertz CT molecular complexity index is 60.7. The van der Waals surface area contributed by atoms with Crippen molar-refractivity contribution in [3.8, 4) is 0 Å². The average Bonchev–Trinajstić information content (AvgIpc) is 1.38. The Hall–Kier alpha value is -0.0757. The van der Waals surface area contributed by atoms with Gasteiger partial charge in [0.05, 0.1) is 0 Å². The SMILES string of the molecule is C=CC(=O)O.[CH3-].[Ti]. The predicted octanol–water partition coefficient (Wildman–Crippen LogP) is 0.705. The van der Waals surface area contributed by atoms with Gasteiger partial charge in [-0.05, 0) is 0 Å². The summed E-state index contributed by atoms with van der Waals surface area (Å²) in [6.45, 7) is 2.96. The van der Waals surface area contributed by atoms with Crippen molar-refractivity contribution in [2.45, 2.75) is 0 Å². The fourth-order valence-corrected chi connectivity index (χ4v) is 0. The Kier molecular flexibility index (Phi) is 21.0. The van der Waals surface area contributed by atoms with Gasteiger partial charge in [0.1, 0.15) is 0 Å². The van der Waals surface area contributed by atoms with Gasteiger partial charge in [0.25, 0.3) is 0 Å². The molecule has 0 atom stereocenters. The van der Waals surface area contributed by atoms with Crippen molar-refractivity contribution in [1.29, 1.82) is 0 Å². The van der Waals surface area contributed by atoms with Crippen LogP contribution in [0.5, 0.6) is 0 Å². The molecule has 3 heteroatoms. The normalized spacial score (nSPS) is 4.57. The summed E-state index contributed by atoms with van der Waals surface area (Å²) < 4.78 is 0. The third-order valence-corrected chi connectivity index (χ3v) is 0.175. The molecule has 0 bridgehead atoms. The third kappa shape index (κ3) is 24.6. The number of hydrogen-bond donors (Lipinski definition) is 1. The molecule has 0 aromatic heterocycles. The molecule has 0 aromatic rings. The zero-order chi connectivity index (χ0) is 4.28. The van der Waals surface area contributed by atoms with Crippen LogP contribution in [-0.4, -0.2) is 11.1 Å². The van der Waals surface area contributed by atoms with Crippen LogP contribution < -0.4 is 0 Å². The number of aliphatic carboxylic acids is 1. The van der Waals surface area contributed by atoms with E-state index < -0.39 is 5.97 Å². The molecule has 40 valence electrons. The maximum Gasteiger partial charge on any atom is 0.327 e. The van der Waals surface area contributed by atoms with Crippen LogP contribution in [-0.2, 0) is 26.5 Å². The molecule has 2 nitrogen and oxygen atoms in total. The molecule has 0 fully saturated rings. The molecule has 0 aliphatic heterocycles.